The minimum Gasteiger partial charge on any atom is -0.314 e. The smallest absolute Gasteiger partial charge is 0.0465 e. The Bertz CT molecular complexity index is 3080. The molecule has 0 heterocycles. The van der Waals surface area contributed by atoms with Gasteiger partial charge in [0.2, 0.25) is 0 Å². The van der Waals surface area contributed by atoms with Gasteiger partial charge in [0.1, 0.15) is 0 Å². The predicted molar refractivity (Wildman–Crippen MR) is 275 cm³/mol. The molecule has 0 amide bonds. The van der Waals surface area contributed by atoms with Crippen molar-refractivity contribution in [2.75, 3.05) is 9.80 Å². The fourth-order valence-corrected chi connectivity index (χ4v) is 9.93. The van der Waals surface area contributed by atoms with Gasteiger partial charge in [-0.1, -0.05) is 190 Å². The minimum absolute atomic E-state index is 0.249. The molecule has 0 bridgehead atoms. The normalized spacial score (nSPS) is 13.6. The summed E-state index contributed by atoms with van der Waals surface area (Å²) in [4.78, 5) is 4.89. The van der Waals surface area contributed by atoms with E-state index in [1.165, 1.54) is 78.2 Å². The van der Waals surface area contributed by atoms with Crippen molar-refractivity contribution in [3.63, 3.8) is 0 Å². The van der Waals surface area contributed by atoms with Crippen molar-refractivity contribution in [1.29, 1.82) is 0 Å². The highest BCUT2D eigenvalue weighted by molar-refractivity contribution is 5.88. The molecule has 0 aromatic heterocycles. The van der Waals surface area contributed by atoms with Crippen LogP contribution in [0.4, 0.5) is 28.4 Å². The van der Waals surface area contributed by atoms with Crippen LogP contribution in [0.15, 0.2) is 248 Å². The molecule has 0 saturated heterocycles. The van der Waals surface area contributed by atoms with E-state index in [1.54, 1.807) is 0 Å². The number of hydrogen-bond donors (Lipinski definition) is 0. The molecule has 0 aliphatic heterocycles. The molecular weight excluding hydrogens is 785 g/mol. The number of allylic oxidation sites excluding steroid dienone is 4. The van der Waals surface area contributed by atoms with Crippen molar-refractivity contribution >= 4 is 34.0 Å². The second kappa shape index (κ2) is 17.0. The largest absolute Gasteiger partial charge is 0.314 e. The van der Waals surface area contributed by atoms with Crippen molar-refractivity contribution < 1.29 is 0 Å². The van der Waals surface area contributed by atoms with E-state index in [-0.39, 0.29) is 5.41 Å². The van der Waals surface area contributed by atoms with Crippen LogP contribution in [-0.2, 0) is 5.41 Å². The lowest BCUT2D eigenvalue weighted by Gasteiger charge is -2.31. The van der Waals surface area contributed by atoms with E-state index in [2.05, 4.69) is 266 Å². The second-order valence-electron chi connectivity index (χ2n) is 17.7. The topological polar surface area (TPSA) is 6.48 Å². The molecule has 0 unspecified atom stereocenters. The monoisotopic (exact) mass is 834 g/mol. The van der Waals surface area contributed by atoms with E-state index < -0.39 is 0 Å². The first kappa shape index (κ1) is 39.9. The van der Waals surface area contributed by atoms with Crippen LogP contribution < -0.4 is 9.80 Å². The van der Waals surface area contributed by atoms with Gasteiger partial charge in [-0.05, 0) is 146 Å². The van der Waals surface area contributed by atoms with E-state index in [0.717, 1.165) is 35.6 Å². The molecule has 0 saturated carbocycles. The minimum atomic E-state index is -0.249. The molecule has 312 valence electrons. The molecule has 0 atom stereocenters. The third kappa shape index (κ3) is 7.68. The molecule has 11 rings (SSSR count). The van der Waals surface area contributed by atoms with Gasteiger partial charge in [0.05, 0.1) is 0 Å². The van der Waals surface area contributed by atoms with Crippen molar-refractivity contribution in [3.05, 3.63) is 265 Å². The summed E-state index contributed by atoms with van der Waals surface area (Å²) < 4.78 is 0. The van der Waals surface area contributed by atoms with E-state index in [0.29, 0.717) is 0 Å². The summed E-state index contributed by atoms with van der Waals surface area (Å²) >= 11 is 0. The summed E-state index contributed by atoms with van der Waals surface area (Å²) in [6, 6.07) is 84.0. The van der Waals surface area contributed by atoms with E-state index in [1.807, 2.05) is 0 Å². The van der Waals surface area contributed by atoms with Gasteiger partial charge in [-0.3, -0.25) is 0 Å². The summed E-state index contributed by atoms with van der Waals surface area (Å²) in [5.41, 5.74) is 22.0. The zero-order chi connectivity index (χ0) is 43.7. The first-order chi connectivity index (χ1) is 32.0. The highest BCUT2D eigenvalue weighted by Crippen LogP contribution is 2.52. The van der Waals surface area contributed by atoms with Crippen LogP contribution in [0, 0.1) is 0 Å². The summed E-state index contributed by atoms with van der Waals surface area (Å²) in [5, 5.41) is 0. The third-order valence-electron chi connectivity index (χ3n) is 13.4. The molecule has 2 aliphatic carbocycles. The molecule has 2 aliphatic rings. The number of fused-ring (bicyclic) bond motifs is 3. The SMILES string of the molecule is CC1(C)c2cc(N(C3=CC=C(c4ccccc4)CC3)c3ccc(-c4ccccc4)cc3)ccc2-c2ccc(N(c3ccc(-c4ccccc4)cc3)c3ccc(-c4ccccc4)cc3)cc21. The highest BCUT2D eigenvalue weighted by atomic mass is 15.2. The maximum atomic E-state index is 2.48. The van der Waals surface area contributed by atoms with Crippen LogP contribution >= 0.6 is 0 Å². The molecule has 65 heavy (non-hydrogen) atoms. The molecule has 0 fully saturated rings. The van der Waals surface area contributed by atoms with Crippen molar-refractivity contribution in [2.45, 2.75) is 32.1 Å². The number of benzene rings is 9. The van der Waals surface area contributed by atoms with Gasteiger partial charge in [0, 0.05) is 39.5 Å². The Morgan fingerprint density at radius 2 is 0.646 bits per heavy atom. The van der Waals surface area contributed by atoms with Crippen LogP contribution in [-0.4, -0.2) is 0 Å². The average molecular weight is 835 g/mol. The molecule has 0 N–H and O–H groups in total. The molecule has 9 aromatic rings. The summed E-state index contributed by atoms with van der Waals surface area (Å²) in [7, 11) is 0. The Hall–Kier alpha value is -7.94. The van der Waals surface area contributed by atoms with Gasteiger partial charge in [-0.2, -0.15) is 0 Å². The summed E-state index contributed by atoms with van der Waals surface area (Å²) in [6.07, 6.45) is 6.59. The first-order valence-corrected chi connectivity index (χ1v) is 22.8. The molecular formula is C63H50N2. The lowest BCUT2D eigenvalue weighted by atomic mass is 9.82. The zero-order valence-corrected chi connectivity index (χ0v) is 36.9. The fraction of sp³-hybridized carbons (Fsp3) is 0.0794. The van der Waals surface area contributed by atoms with Crippen LogP contribution in [0.5, 0.6) is 0 Å². The quantitative estimate of drug-likeness (QED) is 0.135. The number of nitrogens with zero attached hydrogens (tertiary/aromatic N) is 2. The first-order valence-electron chi connectivity index (χ1n) is 22.8. The van der Waals surface area contributed by atoms with Crippen LogP contribution in [0.3, 0.4) is 0 Å². The molecule has 2 heteroatoms. The third-order valence-corrected chi connectivity index (χ3v) is 13.4. The van der Waals surface area contributed by atoms with Gasteiger partial charge >= 0.3 is 0 Å². The Kier molecular flexibility index (Phi) is 10.4. The summed E-state index contributed by atoms with van der Waals surface area (Å²) in [6.45, 7) is 4.79. The highest BCUT2D eigenvalue weighted by Gasteiger charge is 2.37. The van der Waals surface area contributed by atoms with Gasteiger partial charge < -0.3 is 9.80 Å². The van der Waals surface area contributed by atoms with Gasteiger partial charge in [0.25, 0.3) is 0 Å². The lowest BCUT2D eigenvalue weighted by Crippen LogP contribution is -2.20. The van der Waals surface area contributed by atoms with Crippen molar-refractivity contribution in [2.24, 2.45) is 0 Å². The maximum Gasteiger partial charge on any atom is 0.0465 e. The van der Waals surface area contributed by atoms with Gasteiger partial charge in [0.15, 0.2) is 0 Å². The maximum absolute atomic E-state index is 2.48. The predicted octanol–water partition coefficient (Wildman–Crippen LogP) is 17.4. The number of anilines is 5. The molecule has 0 spiro atoms. The van der Waals surface area contributed by atoms with E-state index >= 15 is 0 Å². The molecule has 2 nitrogen and oxygen atoms in total. The second-order valence-corrected chi connectivity index (χ2v) is 17.7. The fourth-order valence-electron chi connectivity index (χ4n) is 9.93. The molecule has 9 aromatic carbocycles. The van der Waals surface area contributed by atoms with Crippen molar-refractivity contribution in [1.82, 2.24) is 0 Å². The Balaban J connectivity index is 0.976. The zero-order valence-electron chi connectivity index (χ0n) is 36.9. The van der Waals surface area contributed by atoms with Crippen LogP contribution in [0.2, 0.25) is 0 Å². The van der Waals surface area contributed by atoms with Crippen molar-refractivity contribution in [3.8, 4) is 44.5 Å². The Morgan fingerprint density at radius 1 is 0.308 bits per heavy atom. The number of rotatable bonds is 10. The summed E-state index contributed by atoms with van der Waals surface area (Å²) in [5.74, 6) is 0. The van der Waals surface area contributed by atoms with Gasteiger partial charge in [-0.15, -0.1) is 0 Å². The number of hydrogen-bond acceptors (Lipinski definition) is 2. The van der Waals surface area contributed by atoms with E-state index in [4.69, 9.17) is 0 Å². The standard InChI is InChI=1S/C63H50N2/c1-63(2)61-43-57(64(53-31-23-49(24-32-53)45-15-7-3-8-16-45)54-33-25-50(26-34-54)46-17-9-4-10-18-46)39-41-59(61)60-42-40-58(44-62(60)63)65(55-35-27-51(28-36-55)47-19-11-5-12-20-47)56-37-29-52(30-38-56)48-21-13-6-14-22-48/h3-29,31-37,39-44H,30,38H2,1-2H3. The lowest BCUT2D eigenvalue weighted by molar-refractivity contribution is 0.660. The Labute approximate surface area is 383 Å². The van der Waals surface area contributed by atoms with E-state index in [9.17, 15) is 0 Å². The Morgan fingerprint density at radius 3 is 1.03 bits per heavy atom. The van der Waals surface area contributed by atoms with Crippen LogP contribution in [0.1, 0.15) is 43.4 Å². The van der Waals surface area contributed by atoms with Crippen LogP contribution in [0.25, 0.3) is 50.1 Å². The molecule has 0 radical (unpaired) electrons. The average Bonchev–Trinajstić information content (AvgIpc) is 3.60. The van der Waals surface area contributed by atoms with Gasteiger partial charge in [-0.25, -0.2) is 0 Å².